The van der Waals surface area contributed by atoms with Crippen molar-refractivity contribution in [1.82, 2.24) is 15.0 Å². The van der Waals surface area contributed by atoms with Gasteiger partial charge in [0.25, 0.3) is 0 Å². The van der Waals surface area contributed by atoms with Gasteiger partial charge in [-0.2, -0.15) is 0 Å². The number of hydrogen-bond donors (Lipinski definition) is 0. The number of aromatic nitrogens is 3. The van der Waals surface area contributed by atoms with Crippen molar-refractivity contribution in [2.24, 2.45) is 0 Å². The Hall–Kier alpha value is 0.244. The molecule has 3 nitrogen and oxygen atoms in total. The molecule has 0 N–H and O–H groups in total. The van der Waals surface area contributed by atoms with E-state index < -0.39 is 0 Å². The Labute approximate surface area is 73.3 Å². The first-order valence-electron chi connectivity index (χ1n) is 2.07. The number of nitrogens with zero attached hydrogens (tertiary/aromatic N) is 3. The standard InChI is InChI=1S/C4H6N3.Y/c1-2-7-4-3-5-6-7;/h3-4H,1-2H2;/q-1;. The summed E-state index contributed by atoms with van der Waals surface area (Å²) in [5.41, 5.74) is 0. The van der Waals surface area contributed by atoms with E-state index in [1.165, 1.54) is 0 Å². The zero-order valence-electron chi connectivity index (χ0n) is 4.49. The topological polar surface area (TPSA) is 30.7 Å². The molecule has 0 unspecified atom stereocenters. The van der Waals surface area contributed by atoms with E-state index in [1.807, 2.05) is 0 Å². The third-order valence-corrected chi connectivity index (χ3v) is 0.701. The predicted octanol–water partition coefficient (Wildman–Crippen LogP) is 0.110. The van der Waals surface area contributed by atoms with Gasteiger partial charge in [0.1, 0.15) is 0 Å². The van der Waals surface area contributed by atoms with Crippen molar-refractivity contribution in [3.63, 3.8) is 0 Å². The molecule has 1 rings (SSSR count). The Bertz CT molecular complexity index is 126. The van der Waals surface area contributed by atoms with Crippen molar-refractivity contribution in [3.05, 3.63) is 19.3 Å². The molecule has 8 heavy (non-hydrogen) atoms. The molecule has 0 aliphatic carbocycles. The minimum atomic E-state index is 0. The predicted molar refractivity (Wildman–Crippen MR) is 25.4 cm³/mol. The second-order valence-electron chi connectivity index (χ2n) is 1.17. The van der Waals surface area contributed by atoms with Crippen LogP contribution in [-0.2, 0) is 39.3 Å². The first kappa shape index (κ1) is 8.24. The first-order valence-corrected chi connectivity index (χ1v) is 2.07. The molecule has 1 aromatic heterocycles. The van der Waals surface area contributed by atoms with Gasteiger partial charge in [-0.1, -0.05) is 11.8 Å². The van der Waals surface area contributed by atoms with Crippen molar-refractivity contribution in [2.75, 3.05) is 0 Å². The van der Waals surface area contributed by atoms with Crippen LogP contribution >= 0.6 is 0 Å². The maximum Gasteiger partial charge on any atom is 0.0691 e. The van der Waals surface area contributed by atoms with Crippen LogP contribution in [0.5, 0.6) is 0 Å². The van der Waals surface area contributed by atoms with E-state index in [1.54, 1.807) is 17.1 Å². The van der Waals surface area contributed by atoms with E-state index in [0.29, 0.717) is 6.54 Å². The summed E-state index contributed by atoms with van der Waals surface area (Å²) in [5.74, 6) is 0. The minimum Gasteiger partial charge on any atom is -0.322 e. The van der Waals surface area contributed by atoms with E-state index in [2.05, 4.69) is 17.2 Å². The van der Waals surface area contributed by atoms with Gasteiger partial charge in [-0.3, -0.25) is 4.68 Å². The van der Waals surface area contributed by atoms with Crippen LogP contribution in [-0.4, -0.2) is 15.0 Å². The molecule has 0 fully saturated rings. The van der Waals surface area contributed by atoms with Gasteiger partial charge in [0.05, 0.1) is 6.20 Å². The number of hydrogen-bond acceptors (Lipinski definition) is 2. The third kappa shape index (κ3) is 2.01. The van der Waals surface area contributed by atoms with Crippen LogP contribution in [0.25, 0.3) is 0 Å². The molecule has 1 radical (unpaired) electrons. The van der Waals surface area contributed by atoms with Crippen LogP contribution < -0.4 is 0 Å². The first-order chi connectivity index (χ1) is 3.43. The molecule has 0 spiro atoms. The SMILES string of the molecule is [CH2-]Cn1ccnn1.[Y]. The maximum atomic E-state index is 3.64. The summed E-state index contributed by atoms with van der Waals surface area (Å²) in [6.07, 6.45) is 3.40. The smallest absolute Gasteiger partial charge is 0.0691 e. The largest absolute Gasteiger partial charge is 0.322 e. The van der Waals surface area contributed by atoms with Crippen molar-refractivity contribution < 1.29 is 32.7 Å². The Morgan fingerprint density at radius 3 is 2.62 bits per heavy atom. The Morgan fingerprint density at radius 1 is 1.62 bits per heavy atom. The summed E-state index contributed by atoms with van der Waals surface area (Å²) in [5, 5.41) is 7.20. The fourth-order valence-corrected chi connectivity index (χ4v) is 0.352. The van der Waals surface area contributed by atoms with Gasteiger partial charge in [0.15, 0.2) is 0 Å². The van der Waals surface area contributed by atoms with Crippen LogP contribution in [0.15, 0.2) is 12.4 Å². The molecule has 0 aliphatic rings. The molecule has 4 heteroatoms. The van der Waals surface area contributed by atoms with Crippen LogP contribution in [0.3, 0.4) is 0 Å². The fraction of sp³-hybridized carbons (Fsp3) is 0.250. The summed E-state index contributed by atoms with van der Waals surface area (Å²) in [6, 6.07) is 0. The number of rotatable bonds is 1. The molecule has 1 aromatic rings. The zero-order valence-corrected chi connectivity index (χ0v) is 7.33. The molecule has 0 saturated carbocycles. The molecule has 0 atom stereocenters. The van der Waals surface area contributed by atoms with E-state index in [4.69, 9.17) is 0 Å². The average molecular weight is 185 g/mol. The van der Waals surface area contributed by atoms with Crippen LogP contribution in [0.4, 0.5) is 0 Å². The van der Waals surface area contributed by atoms with Crippen molar-refractivity contribution in [2.45, 2.75) is 6.54 Å². The Kier molecular flexibility index (Phi) is 4.28. The van der Waals surface area contributed by atoms with E-state index >= 15 is 0 Å². The van der Waals surface area contributed by atoms with E-state index in [-0.39, 0.29) is 32.7 Å². The second kappa shape index (κ2) is 4.16. The normalized spacial score (nSPS) is 8.12. The molecule has 0 saturated heterocycles. The molecule has 0 aliphatic heterocycles. The third-order valence-electron chi connectivity index (χ3n) is 0.701. The van der Waals surface area contributed by atoms with Crippen LogP contribution in [0.1, 0.15) is 0 Å². The molecular weight excluding hydrogens is 179 g/mol. The molecule has 0 aromatic carbocycles. The Morgan fingerprint density at radius 2 is 2.38 bits per heavy atom. The quantitative estimate of drug-likeness (QED) is 0.581. The summed E-state index contributed by atoms with van der Waals surface area (Å²) < 4.78 is 1.65. The second-order valence-corrected chi connectivity index (χ2v) is 1.17. The monoisotopic (exact) mass is 185 g/mol. The summed E-state index contributed by atoms with van der Waals surface area (Å²) >= 11 is 0. The summed E-state index contributed by atoms with van der Waals surface area (Å²) in [4.78, 5) is 0. The van der Waals surface area contributed by atoms with Crippen LogP contribution in [0.2, 0.25) is 0 Å². The molecular formula is C4H6N3Y-. The maximum absolute atomic E-state index is 3.64. The van der Waals surface area contributed by atoms with E-state index in [0.717, 1.165) is 0 Å². The van der Waals surface area contributed by atoms with Gasteiger partial charge >= 0.3 is 0 Å². The van der Waals surface area contributed by atoms with Gasteiger partial charge in [-0.25, -0.2) is 0 Å². The summed E-state index contributed by atoms with van der Waals surface area (Å²) in [6.45, 7) is 4.24. The van der Waals surface area contributed by atoms with Crippen molar-refractivity contribution in [1.29, 1.82) is 0 Å². The minimum absolute atomic E-state index is 0. The summed E-state index contributed by atoms with van der Waals surface area (Å²) in [7, 11) is 0. The molecule has 1 heterocycles. The van der Waals surface area contributed by atoms with E-state index in [9.17, 15) is 0 Å². The van der Waals surface area contributed by atoms with Crippen molar-refractivity contribution >= 4 is 0 Å². The molecule has 0 bridgehead atoms. The molecule has 41 valence electrons. The van der Waals surface area contributed by atoms with Gasteiger partial charge < -0.3 is 6.92 Å². The van der Waals surface area contributed by atoms with Gasteiger partial charge in [-0.05, 0) is 0 Å². The zero-order chi connectivity index (χ0) is 5.11. The van der Waals surface area contributed by atoms with Gasteiger partial charge in [0, 0.05) is 38.9 Å². The van der Waals surface area contributed by atoms with Crippen molar-refractivity contribution in [3.8, 4) is 0 Å². The Balaban J connectivity index is 0.000000490. The van der Waals surface area contributed by atoms with Gasteiger partial charge in [0.2, 0.25) is 0 Å². The average Bonchev–Trinajstić information content (AvgIpc) is 2.14. The molecule has 0 amide bonds. The fourth-order valence-electron chi connectivity index (χ4n) is 0.352. The van der Waals surface area contributed by atoms with Gasteiger partial charge in [-0.15, -0.1) is 5.10 Å². The van der Waals surface area contributed by atoms with Crippen LogP contribution in [0, 0.1) is 6.92 Å².